The molecule has 2 aromatic rings. The highest BCUT2D eigenvalue weighted by atomic mass is 16.2. The van der Waals surface area contributed by atoms with Gasteiger partial charge in [0.15, 0.2) is 0 Å². The minimum Gasteiger partial charge on any atom is -0.337 e. The van der Waals surface area contributed by atoms with Gasteiger partial charge in [0.2, 0.25) is 11.8 Å². The number of rotatable bonds is 1. The first-order valence-electron chi connectivity index (χ1n) is 6.05. The summed E-state index contributed by atoms with van der Waals surface area (Å²) < 4.78 is 0. The molecule has 0 radical (unpaired) electrons. The number of piperazine rings is 1. The lowest BCUT2D eigenvalue weighted by atomic mass is 10.1. The Morgan fingerprint density at radius 2 is 1.90 bits per heavy atom. The van der Waals surface area contributed by atoms with Gasteiger partial charge in [0.1, 0.15) is 11.9 Å². The Bertz CT molecular complexity index is 747. The van der Waals surface area contributed by atoms with Crippen LogP contribution in [0.3, 0.4) is 0 Å². The number of benzene rings is 1. The van der Waals surface area contributed by atoms with Gasteiger partial charge < -0.3 is 4.90 Å². The van der Waals surface area contributed by atoms with Crippen molar-refractivity contribution in [2.75, 3.05) is 18.0 Å². The third-order valence-corrected chi connectivity index (χ3v) is 3.07. The molecule has 2 heterocycles. The highest BCUT2D eigenvalue weighted by molar-refractivity contribution is 6.03. The first kappa shape index (κ1) is 12.1. The fraction of sp³-hybridized carbons (Fsp3) is 0.143. The van der Waals surface area contributed by atoms with Gasteiger partial charge in [-0.05, 0) is 12.1 Å². The van der Waals surface area contributed by atoms with E-state index in [-0.39, 0.29) is 24.9 Å². The Hall–Kier alpha value is -2.94. The van der Waals surface area contributed by atoms with Gasteiger partial charge >= 0.3 is 0 Å². The minimum absolute atomic E-state index is 0.0196. The molecule has 1 aromatic heterocycles. The van der Waals surface area contributed by atoms with Crippen molar-refractivity contribution in [3.05, 3.63) is 35.9 Å². The van der Waals surface area contributed by atoms with Gasteiger partial charge in [-0.25, -0.2) is 4.98 Å². The lowest BCUT2D eigenvalue weighted by Gasteiger charge is -2.27. The Kier molecular flexibility index (Phi) is 2.80. The summed E-state index contributed by atoms with van der Waals surface area (Å²) in [5.74, 6) is -0.408. The molecule has 6 nitrogen and oxygen atoms in total. The zero-order chi connectivity index (χ0) is 14.1. The van der Waals surface area contributed by atoms with Crippen LogP contribution in [0.1, 0.15) is 5.56 Å². The second-order valence-corrected chi connectivity index (χ2v) is 4.49. The number of para-hydroxylation sites is 1. The van der Waals surface area contributed by atoms with E-state index >= 15 is 0 Å². The number of hydrogen-bond donors (Lipinski definition) is 1. The van der Waals surface area contributed by atoms with Gasteiger partial charge in [-0.3, -0.25) is 14.9 Å². The van der Waals surface area contributed by atoms with E-state index < -0.39 is 0 Å². The van der Waals surface area contributed by atoms with Crippen molar-refractivity contribution in [2.24, 2.45) is 0 Å². The number of aromatic nitrogens is 1. The van der Waals surface area contributed by atoms with E-state index in [1.165, 1.54) is 4.90 Å². The fourth-order valence-electron chi connectivity index (χ4n) is 2.22. The van der Waals surface area contributed by atoms with E-state index in [2.05, 4.69) is 16.4 Å². The molecule has 6 heteroatoms. The molecule has 1 aromatic carbocycles. The van der Waals surface area contributed by atoms with Gasteiger partial charge in [-0.1, -0.05) is 18.2 Å². The minimum atomic E-state index is -0.389. The van der Waals surface area contributed by atoms with Crippen molar-refractivity contribution in [3.8, 4) is 6.07 Å². The normalized spacial score (nSPS) is 15.1. The third-order valence-electron chi connectivity index (χ3n) is 3.07. The van der Waals surface area contributed by atoms with Crippen LogP contribution in [0.4, 0.5) is 5.82 Å². The molecule has 1 fully saturated rings. The van der Waals surface area contributed by atoms with Gasteiger partial charge in [0.25, 0.3) is 0 Å². The summed E-state index contributed by atoms with van der Waals surface area (Å²) in [4.78, 5) is 28.8. The number of fused-ring (bicyclic) bond motifs is 1. The maximum Gasteiger partial charge on any atom is 0.246 e. The number of amides is 2. The Morgan fingerprint density at radius 1 is 1.20 bits per heavy atom. The number of anilines is 1. The number of carbonyl (C=O) groups excluding carboxylic acids is 2. The molecule has 0 aliphatic carbocycles. The van der Waals surface area contributed by atoms with Crippen LogP contribution < -0.4 is 10.2 Å². The van der Waals surface area contributed by atoms with Crippen molar-refractivity contribution in [3.63, 3.8) is 0 Å². The summed E-state index contributed by atoms with van der Waals surface area (Å²) in [5.41, 5.74) is 1.08. The molecule has 0 saturated carbocycles. The molecule has 0 atom stereocenters. The third kappa shape index (κ3) is 2.06. The summed E-state index contributed by atoms with van der Waals surface area (Å²) in [7, 11) is 0. The largest absolute Gasteiger partial charge is 0.337 e. The fourth-order valence-corrected chi connectivity index (χ4v) is 2.22. The Labute approximate surface area is 114 Å². The molecule has 1 aliphatic heterocycles. The predicted molar refractivity (Wildman–Crippen MR) is 71.8 cm³/mol. The zero-order valence-corrected chi connectivity index (χ0v) is 10.5. The van der Waals surface area contributed by atoms with Crippen LogP contribution in [0.2, 0.25) is 0 Å². The first-order valence-corrected chi connectivity index (χ1v) is 6.05. The molecule has 1 aliphatic rings. The molecular weight excluding hydrogens is 256 g/mol. The predicted octanol–water partition coefficient (Wildman–Crippen LogP) is 0.569. The molecular formula is C14H10N4O2. The summed E-state index contributed by atoms with van der Waals surface area (Å²) in [5, 5.41) is 12.3. The average molecular weight is 266 g/mol. The molecule has 0 unspecified atom stereocenters. The Morgan fingerprint density at radius 3 is 2.60 bits per heavy atom. The maximum absolute atomic E-state index is 11.4. The van der Waals surface area contributed by atoms with Gasteiger partial charge in [0, 0.05) is 5.39 Å². The molecule has 98 valence electrons. The smallest absolute Gasteiger partial charge is 0.246 e. The molecule has 1 saturated heterocycles. The van der Waals surface area contributed by atoms with Crippen LogP contribution >= 0.6 is 0 Å². The number of imide groups is 1. The van der Waals surface area contributed by atoms with Crippen LogP contribution in [0.25, 0.3) is 10.9 Å². The monoisotopic (exact) mass is 266 g/mol. The lowest BCUT2D eigenvalue weighted by Crippen LogP contribution is -2.52. The highest BCUT2D eigenvalue weighted by Crippen LogP contribution is 2.23. The number of nitrogens with zero attached hydrogens (tertiary/aromatic N) is 3. The summed E-state index contributed by atoms with van der Waals surface area (Å²) >= 11 is 0. The van der Waals surface area contributed by atoms with Gasteiger partial charge in [-0.15, -0.1) is 0 Å². The van der Waals surface area contributed by atoms with Crippen molar-refractivity contribution in [1.82, 2.24) is 10.3 Å². The highest BCUT2D eigenvalue weighted by Gasteiger charge is 2.25. The van der Waals surface area contributed by atoms with Gasteiger partial charge in [0.05, 0.1) is 24.2 Å². The van der Waals surface area contributed by atoms with E-state index in [1.54, 1.807) is 6.07 Å². The summed E-state index contributed by atoms with van der Waals surface area (Å²) in [6, 6.07) is 11.2. The summed E-state index contributed by atoms with van der Waals surface area (Å²) in [6.45, 7) is 0.0392. The number of nitrogens with one attached hydrogen (secondary N) is 1. The van der Waals surface area contributed by atoms with E-state index in [1.807, 2.05) is 24.3 Å². The molecule has 20 heavy (non-hydrogen) atoms. The van der Waals surface area contributed by atoms with Crippen LogP contribution in [-0.2, 0) is 9.59 Å². The average Bonchev–Trinajstić information content (AvgIpc) is 2.44. The van der Waals surface area contributed by atoms with E-state index in [0.717, 1.165) is 10.9 Å². The van der Waals surface area contributed by atoms with Crippen LogP contribution in [0.5, 0.6) is 0 Å². The van der Waals surface area contributed by atoms with Crippen LogP contribution in [0, 0.1) is 11.3 Å². The van der Waals surface area contributed by atoms with Gasteiger partial charge in [-0.2, -0.15) is 5.26 Å². The number of pyridine rings is 1. The number of hydrogen-bond acceptors (Lipinski definition) is 5. The molecule has 3 rings (SSSR count). The van der Waals surface area contributed by atoms with Crippen molar-refractivity contribution < 1.29 is 9.59 Å². The van der Waals surface area contributed by atoms with E-state index in [0.29, 0.717) is 11.4 Å². The zero-order valence-electron chi connectivity index (χ0n) is 10.5. The molecule has 2 amide bonds. The maximum atomic E-state index is 11.4. The lowest BCUT2D eigenvalue weighted by molar-refractivity contribution is -0.130. The molecule has 0 spiro atoms. The molecule has 1 N–H and O–H groups in total. The second-order valence-electron chi connectivity index (χ2n) is 4.49. The van der Waals surface area contributed by atoms with E-state index in [9.17, 15) is 14.9 Å². The first-order chi connectivity index (χ1) is 9.67. The SMILES string of the molecule is N#Cc1cc2ccccc2nc1N1CC(=O)NC(=O)C1. The van der Waals surface area contributed by atoms with Crippen LogP contribution in [0.15, 0.2) is 30.3 Å². The number of nitriles is 1. The topological polar surface area (TPSA) is 86.1 Å². The standard InChI is InChI=1S/C14H10N4O2/c15-6-10-5-9-3-1-2-4-11(9)16-14(10)18-7-12(19)17-13(20)8-18/h1-5H,7-8H2,(H,17,19,20). The van der Waals surface area contributed by atoms with Crippen molar-refractivity contribution >= 4 is 28.5 Å². The quantitative estimate of drug-likeness (QED) is 0.762. The second kappa shape index (κ2) is 4.63. The Balaban J connectivity index is 2.12. The van der Waals surface area contributed by atoms with Crippen LogP contribution in [-0.4, -0.2) is 29.9 Å². The van der Waals surface area contributed by atoms with Crippen molar-refractivity contribution in [1.29, 1.82) is 5.26 Å². The van der Waals surface area contributed by atoms with Crippen molar-refractivity contribution in [2.45, 2.75) is 0 Å². The van der Waals surface area contributed by atoms with E-state index in [4.69, 9.17) is 0 Å². The summed E-state index contributed by atoms with van der Waals surface area (Å²) in [6.07, 6.45) is 0. The number of carbonyl (C=O) groups is 2. The molecule has 0 bridgehead atoms.